The van der Waals surface area contributed by atoms with Crippen molar-refractivity contribution >= 4 is 38.3 Å². The van der Waals surface area contributed by atoms with Crippen molar-refractivity contribution in [3.05, 3.63) is 65.5 Å². The van der Waals surface area contributed by atoms with E-state index in [2.05, 4.69) is 15.5 Å². The number of nitrogens with zero attached hydrogens (tertiary/aromatic N) is 2. The fraction of sp³-hybridized carbons (Fsp3) is 0. The minimum absolute atomic E-state index is 0.195. The summed E-state index contributed by atoms with van der Waals surface area (Å²) in [6.07, 6.45) is 1.45. The number of anilines is 2. The Balaban J connectivity index is 1.91. The average Bonchev–Trinajstić information content (AvgIpc) is 3.01. The summed E-state index contributed by atoms with van der Waals surface area (Å²) in [5.74, 6) is 0.407. The number of hydrazone groups is 1. The quantitative estimate of drug-likeness (QED) is 0.540. The summed E-state index contributed by atoms with van der Waals surface area (Å²) in [7, 11) is -3.61. The van der Waals surface area contributed by atoms with Gasteiger partial charge in [-0.3, -0.25) is 5.43 Å². The van der Waals surface area contributed by atoms with Gasteiger partial charge in [-0.25, -0.2) is 13.4 Å². The lowest BCUT2D eigenvalue weighted by atomic mass is 10.2. The van der Waals surface area contributed by atoms with E-state index in [1.165, 1.54) is 17.6 Å². The van der Waals surface area contributed by atoms with E-state index in [1.807, 2.05) is 0 Å². The number of hydrogen-bond acceptors (Lipinski definition) is 7. The normalized spacial score (nSPS) is 11.7. The molecule has 3 rings (SSSR count). The second kappa shape index (κ2) is 6.81. The first-order chi connectivity index (χ1) is 11.6. The highest BCUT2D eigenvalue weighted by atomic mass is 32.2. The topological polar surface area (TPSA) is 97.4 Å². The van der Waals surface area contributed by atoms with Gasteiger partial charge in [0.15, 0.2) is 0 Å². The Morgan fingerprint density at radius 2 is 1.79 bits per heavy atom. The van der Waals surface area contributed by atoms with Gasteiger partial charge < -0.3 is 5.73 Å². The maximum Gasteiger partial charge on any atom is 0.207 e. The van der Waals surface area contributed by atoms with Crippen molar-refractivity contribution in [1.82, 2.24) is 4.98 Å². The van der Waals surface area contributed by atoms with Crippen LogP contribution in [0, 0.1) is 0 Å². The average molecular weight is 358 g/mol. The van der Waals surface area contributed by atoms with Gasteiger partial charge in [0.1, 0.15) is 5.82 Å². The highest BCUT2D eigenvalue weighted by molar-refractivity contribution is 7.91. The van der Waals surface area contributed by atoms with Crippen LogP contribution in [0.5, 0.6) is 0 Å². The van der Waals surface area contributed by atoms with Crippen LogP contribution in [0.25, 0.3) is 0 Å². The molecule has 122 valence electrons. The van der Waals surface area contributed by atoms with E-state index in [0.29, 0.717) is 16.5 Å². The van der Waals surface area contributed by atoms with E-state index >= 15 is 0 Å². The highest BCUT2D eigenvalue weighted by Crippen LogP contribution is 2.23. The molecule has 0 radical (unpaired) electrons. The van der Waals surface area contributed by atoms with E-state index in [4.69, 9.17) is 5.73 Å². The minimum Gasteiger partial charge on any atom is -0.383 e. The Hall–Kier alpha value is -2.71. The van der Waals surface area contributed by atoms with Crippen LogP contribution in [-0.4, -0.2) is 19.6 Å². The van der Waals surface area contributed by atoms with Crippen LogP contribution in [0.15, 0.2) is 74.9 Å². The van der Waals surface area contributed by atoms with E-state index in [0.717, 1.165) is 0 Å². The van der Waals surface area contributed by atoms with Gasteiger partial charge in [0.2, 0.25) is 15.0 Å². The Kier molecular flexibility index (Phi) is 4.59. The smallest absolute Gasteiger partial charge is 0.207 e. The first-order valence-electron chi connectivity index (χ1n) is 6.96. The van der Waals surface area contributed by atoms with Crippen molar-refractivity contribution in [2.45, 2.75) is 9.79 Å². The number of nitrogens with two attached hydrogens (primary N) is 1. The predicted molar refractivity (Wildman–Crippen MR) is 96.1 cm³/mol. The molecule has 2 aromatic carbocycles. The lowest BCUT2D eigenvalue weighted by Gasteiger charge is -2.07. The molecule has 6 nitrogen and oxygen atoms in total. The Morgan fingerprint density at radius 1 is 1.08 bits per heavy atom. The molecule has 0 aliphatic heterocycles. The molecule has 0 atom stereocenters. The lowest BCUT2D eigenvalue weighted by molar-refractivity contribution is 0.596. The van der Waals surface area contributed by atoms with Crippen LogP contribution in [0.1, 0.15) is 5.56 Å². The van der Waals surface area contributed by atoms with Gasteiger partial charge in [-0.2, -0.15) is 5.10 Å². The molecular weight excluding hydrogens is 344 g/mol. The van der Waals surface area contributed by atoms with E-state index in [-0.39, 0.29) is 9.79 Å². The van der Waals surface area contributed by atoms with Crippen molar-refractivity contribution < 1.29 is 8.42 Å². The number of nitrogens with one attached hydrogen (secondary N) is 1. The maximum atomic E-state index is 12.8. The Bertz CT molecular complexity index is 967. The largest absolute Gasteiger partial charge is 0.383 e. The number of hydrogen-bond donors (Lipinski definition) is 2. The van der Waals surface area contributed by atoms with Gasteiger partial charge in [0.05, 0.1) is 16.0 Å². The molecule has 3 aromatic rings. The molecule has 0 saturated carbocycles. The molecule has 24 heavy (non-hydrogen) atoms. The van der Waals surface area contributed by atoms with Gasteiger partial charge in [-0.15, -0.1) is 11.3 Å². The third-order valence-corrected chi connectivity index (χ3v) is 5.76. The summed E-state index contributed by atoms with van der Waals surface area (Å²) in [6, 6.07) is 15.0. The van der Waals surface area contributed by atoms with Crippen molar-refractivity contribution in [3.8, 4) is 0 Å². The van der Waals surface area contributed by atoms with Crippen LogP contribution in [0.2, 0.25) is 0 Å². The van der Waals surface area contributed by atoms with Crippen LogP contribution >= 0.6 is 11.3 Å². The fourth-order valence-corrected chi connectivity index (χ4v) is 4.06. The molecule has 0 bridgehead atoms. The molecular formula is C16H14N4O2S2. The molecule has 0 amide bonds. The lowest BCUT2D eigenvalue weighted by Crippen LogP contribution is -2.05. The van der Waals surface area contributed by atoms with Crippen molar-refractivity contribution in [1.29, 1.82) is 0 Å². The van der Waals surface area contributed by atoms with E-state index in [1.54, 1.807) is 60.0 Å². The highest BCUT2D eigenvalue weighted by Gasteiger charge is 2.19. The SMILES string of the molecule is Nc1csc(NN=Cc2ccccc2S(=O)(=O)c2ccccc2)n1. The summed E-state index contributed by atoms with van der Waals surface area (Å²) in [4.78, 5) is 4.45. The second-order valence-electron chi connectivity index (χ2n) is 4.80. The monoisotopic (exact) mass is 358 g/mol. The molecule has 1 heterocycles. The number of nitrogen functional groups attached to an aromatic ring is 1. The van der Waals surface area contributed by atoms with Crippen LogP contribution in [0.3, 0.4) is 0 Å². The number of thiazole rings is 1. The van der Waals surface area contributed by atoms with Gasteiger partial charge in [0.25, 0.3) is 0 Å². The van der Waals surface area contributed by atoms with E-state index in [9.17, 15) is 8.42 Å². The molecule has 0 fully saturated rings. The molecule has 8 heteroatoms. The molecule has 3 N–H and O–H groups in total. The number of aromatic nitrogens is 1. The van der Waals surface area contributed by atoms with Crippen LogP contribution in [0.4, 0.5) is 10.9 Å². The standard InChI is InChI=1S/C16H14N4O2S2/c17-15-11-23-16(19-15)20-18-10-12-6-4-5-9-14(12)24(21,22)13-7-2-1-3-8-13/h1-11H,17H2,(H,19,20). The molecule has 0 aliphatic rings. The summed E-state index contributed by atoms with van der Waals surface area (Å²) in [6.45, 7) is 0. The van der Waals surface area contributed by atoms with Gasteiger partial charge in [-0.05, 0) is 18.2 Å². The van der Waals surface area contributed by atoms with Crippen molar-refractivity contribution in [2.24, 2.45) is 5.10 Å². The van der Waals surface area contributed by atoms with Crippen LogP contribution < -0.4 is 11.2 Å². The molecule has 1 aromatic heterocycles. The van der Waals surface area contributed by atoms with Gasteiger partial charge >= 0.3 is 0 Å². The first kappa shape index (κ1) is 16.2. The summed E-state index contributed by atoms with van der Waals surface area (Å²) >= 11 is 1.31. The van der Waals surface area contributed by atoms with Gasteiger partial charge in [-0.1, -0.05) is 36.4 Å². The Morgan fingerprint density at radius 3 is 2.50 bits per heavy atom. The van der Waals surface area contributed by atoms with Crippen molar-refractivity contribution in [2.75, 3.05) is 11.2 Å². The summed E-state index contributed by atoms with van der Waals surface area (Å²) in [5, 5.41) is 6.27. The number of sulfone groups is 1. The minimum atomic E-state index is -3.61. The summed E-state index contributed by atoms with van der Waals surface area (Å²) in [5.41, 5.74) is 8.75. The third-order valence-electron chi connectivity index (χ3n) is 3.15. The van der Waals surface area contributed by atoms with Crippen LogP contribution in [-0.2, 0) is 9.84 Å². The zero-order chi connectivity index (χ0) is 17.0. The third kappa shape index (κ3) is 3.44. The zero-order valence-electron chi connectivity index (χ0n) is 12.5. The molecule has 0 saturated heterocycles. The number of benzene rings is 2. The Labute approximate surface area is 143 Å². The molecule has 0 aliphatic carbocycles. The second-order valence-corrected chi connectivity index (χ2v) is 7.58. The van der Waals surface area contributed by atoms with E-state index < -0.39 is 9.84 Å². The summed E-state index contributed by atoms with van der Waals surface area (Å²) < 4.78 is 25.6. The predicted octanol–water partition coefficient (Wildman–Crippen LogP) is 3.00. The molecule has 0 unspecified atom stereocenters. The fourth-order valence-electron chi connectivity index (χ4n) is 2.05. The van der Waals surface area contributed by atoms with Gasteiger partial charge in [0, 0.05) is 10.9 Å². The number of rotatable bonds is 5. The zero-order valence-corrected chi connectivity index (χ0v) is 14.1. The first-order valence-corrected chi connectivity index (χ1v) is 9.33. The maximum absolute atomic E-state index is 12.8. The van der Waals surface area contributed by atoms with Crippen molar-refractivity contribution in [3.63, 3.8) is 0 Å². The molecule has 0 spiro atoms.